The predicted molar refractivity (Wildman–Crippen MR) is 206 cm³/mol. The molecule has 0 radical (unpaired) electrons. The van der Waals surface area contributed by atoms with Crippen molar-refractivity contribution in [2.75, 3.05) is 40.5 Å². The molecule has 0 aromatic carbocycles. The van der Waals surface area contributed by atoms with E-state index in [1.54, 1.807) is 7.05 Å². The highest BCUT2D eigenvalue weighted by atomic mass is 16.7. The normalized spacial score (nSPS) is 45.8. The number of rotatable bonds is 11. The summed E-state index contributed by atoms with van der Waals surface area (Å²) in [6.45, 7) is -0.910. The van der Waals surface area contributed by atoms with Crippen LogP contribution in [0.1, 0.15) is 51.4 Å². The molecule has 19 nitrogen and oxygen atoms in total. The summed E-state index contributed by atoms with van der Waals surface area (Å²) in [4.78, 5) is 59.8. The molecule has 12 N–H and O–H groups in total. The molecule has 59 heavy (non-hydrogen) atoms. The van der Waals surface area contributed by atoms with E-state index in [9.17, 15) is 49.8 Å². The van der Waals surface area contributed by atoms with Gasteiger partial charge in [0.15, 0.2) is 12.2 Å². The second kappa shape index (κ2) is 17.8. The first kappa shape index (κ1) is 44.1. The standard InChI is InChI=1S/C40H62N6O13/c1-43-39(42)45-22-5-3-4-18-10-20-31(34(52)29(18)22)35(53)32-24(12-23(57-2)21(15-47)30(32)33(20)51)58-38-36(54)37(55)40(56,25(16-48)59-38)13-19(17-8-9-44-26(41)11-17)14-46-27(49)6-7-28(46)50/h6-7,17-26,29-32,34,36-38,44,47-48,52,54-56H,3-5,8-16,41H2,1-2H3,(H3,42,43,45)/t17?,18?,19-,20?,21?,22?,23?,24?,25-,26?,29?,30?,31?,32?,34?,36-,37-,38+,40-/m1/s1. The van der Waals surface area contributed by atoms with Crippen LogP contribution in [0.15, 0.2) is 17.1 Å². The molecule has 0 spiro atoms. The lowest BCUT2D eigenvalue weighted by Crippen LogP contribution is -2.70. The number of ketones is 2. The Morgan fingerprint density at radius 3 is 2.37 bits per heavy atom. The number of fused-ring (bicyclic) bond motifs is 3. The van der Waals surface area contributed by atoms with Crippen LogP contribution >= 0.6 is 0 Å². The summed E-state index contributed by atoms with van der Waals surface area (Å²) in [5.41, 5.74) is 9.92. The third-order valence-electron chi connectivity index (χ3n) is 15.0. The lowest BCUT2D eigenvalue weighted by Gasteiger charge is -2.56. The summed E-state index contributed by atoms with van der Waals surface area (Å²) in [7, 11) is 2.96. The fourth-order valence-corrected chi connectivity index (χ4v) is 12.1. The summed E-state index contributed by atoms with van der Waals surface area (Å²) in [6.07, 6.45) is -5.21. The van der Waals surface area contributed by atoms with Gasteiger partial charge in [-0.05, 0) is 62.8 Å². The van der Waals surface area contributed by atoms with E-state index in [2.05, 4.69) is 15.6 Å². The van der Waals surface area contributed by atoms with Crippen LogP contribution in [0.2, 0.25) is 0 Å². The van der Waals surface area contributed by atoms with Crippen molar-refractivity contribution < 1.29 is 64.0 Å². The molecular formula is C40H62N6O13. The molecule has 13 unspecified atom stereocenters. The van der Waals surface area contributed by atoms with E-state index >= 15 is 0 Å². The maximum Gasteiger partial charge on any atom is 0.253 e. The number of Topliss-reactive ketones (excluding diaryl/α,β-unsaturated/α-hetero) is 2. The Labute approximate surface area is 342 Å². The van der Waals surface area contributed by atoms with Crippen LogP contribution in [-0.2, 0) is 33.4 Å². The summed E-state index contributed by atoms with van der Waals surface area (Å²) in [5.74, 6) is -7.83. The van der Waals surface area contributed by atoms with Gasteiger partial charge in [-0.25, -0.2) is 0 Å². The van der Waals surface area contributed by atoms with Crippen LogP contribution < -0.4 is 22.1 Å². The maximum absolute atomic E-state index is 14.9. The molecule has 4 saturated carbocycles. The number of aliphatic hydroxyl groups is 6. The number of amides is 2. The SMILES string of the molecule is CN=C(N)NC1CCCC2CC3C(=O)C4C(CO)C(OC)CC(O[C@H]5O[C@H](CO)[C@](O)(C[C@H](CN6C(=O)C=CC6=O)C6CCNC(N)C6)[C@H](O)[C@H]5O)C4C(=O)C3C(O)C21. The Bertz CT molecular complexity index is 1630. The van der Waals surface area contributed by atoms with Gasteiger partial charge in [-0.3, -0.25) is 29.1 Å². The fourth-order valence-electron chi connectivity index (χ4n) is 12.1. The van der Waals surface area contributed by atoms with E-state index in [4.69, 9.17) is 25.7 Å². The summed E-state index contributed by atoms with van der Waals surface area (Å²) in [5, 5.41) is 75.4. The van der Waals surface area contributed by atoms with Crippen molar-refractivity contribution in [3.63, 3.8) is 0 Å². The van der Waals surface area contributed by atoms with Gasteiger partial charge >= 0.3 is 0 Å². The molecule has 330 valence electrons. The summed E-state index contributed by atoms with van der Waals surface area (Å²) in [6, 6.07) is -0.281. The molecule has 0 aromatic rings. The van der Waals surface area contributed by atoms with E-state index in [1.165, 1.54) is 7.11 Å². The molecule has 3 aliphatic heterocycles. The number of methoxy groups -OCH3 is 1. The third kappa shape index (κ3) is 8.01. The molecule has 7 aliphatic rings. The van der Waals surface area contributed by atoms with E-state index in [-0.39, 0.29) is 49.0 Å². The van der Waals surface area contributed by atoms with Gasteiger partial charge in [0.1, 0.15) is 35.5 Å². The lowest BCUT2D eigenvalue weighted by atomic mass is 9.50. The zero-order valence-electron chi connectivity index (χ0n) is 33.6. The quantitative estimate of drug-likeness (QED) is 0.0548. The van der Waals surface area contributed by atoms with Gasteiger partial charge in [0.05, 0.1) is 42.9 Å². The van der Waals surface area contributed by atoms with Crippen LogP contribution in [0.5, 0.6) is 0 Å². The Kier molecular flexibility index (Phi) is 13.3. The van der Waals surface area contributed by atoms with Crippen LogP contribution in [0.4, 0.5) is 0 Å². The number of guanidine groups is 1. The first-order valence-corrected chi connectivity index (χ1v) is 21.1. The fraction of sp³-hybridized carbons (Fsp3) is 0.825. The first-order chi connectivity index (χ1) is 28.2. The predicted octanol–water partition coefficient (Wildman–Crippen LogP) is -3.52. The number of piperidine rings is 1. The van der Waals surface area contributed by atoms with Gasteiger partial charge in [0.25, 0.3) is 11.8 Å². The van der Waals surface area contributed by atoms with E-state index in [0.717, 1.165) is 29.9 Å². The minimum absolute atomic E-state index is 0.0319. The lowest BCUT2D eigenvalue weighted by molar-refractivity contribution is -0.349. The Morgan fingerprint density at radius 1 is 1.00 bits per heavy atom. The molecule has 3 heterocycles. The van der Waals surface area contributed by atoms with E-state index in [0.29, 0.717) is 32.2 Å². The zero-order chi connectivity index (χ0) is 42.5. The summed E-state index contributed by atoms with van der Waals surface area (Å²) >= 11 is 0. The zero-order valence-corrected chi connectivity index (χ0v) is 33.6. The number of nitrogens with zero attached hydrogens (tertiary/aromatic N) is 2. The van der Waals surface area contributed by atoms with Crippen molar-refractivity contribution in [1.82, 2.24) is 15.5 Å². The van der Waals surface area contributed by atoms with Crippen LogP contribution in [0, 0.1) is 53.3 Å². The number of aliphatic imine (C=N–C) groups is 1. The molecule has 2 saturated heterocycles. The first-order valence-electron chi connectivity index (χ1n) is 21.1. The van der Waals surface area contributed by atoms with E-state index < -0.39 is 127 Å². The highest BCUT2D eigenvalue weighted by Gasteiger charge is 2.65. The Morgan fingerprint density at radius 2 is 1.73 bits per heavy atom. The molecule has 19 atom stereocenters. The van der Waals surface area contributed by atoms with Gasteiger partial charge in [-0.15, -0.1) is 0 Å². The Hall–Kier alpha value is -2.95. The summed E-state index contributed by atoms with van der Waals surface area (Å²) < 4.78 is 18.2. The smallest absolute Gasteiger partial charge is 0.253 e. The monoisotopic (exact) mass is 834 g/mol. The van der Waals surface area contributed by atoms with E-state index in [1.807, 2.05) is 0 Å². The van der Waals surface area contributed by atoms with Crippen molar-refractivity contribution in [2.45, 2.75) is 112 Å². The highest BCUT2D eigenvalue weighted by molar-refractivity contribution is 6.12. The average Bonchev–Trinajstić information content (AvgIpc) is 3.54. The van der Waals surface area contributed by atoms with Crippen molar-refractivity contribution in [3.8, 4) is 0 Å². The Balaban J connectivity index is 1.15. The van der Waals surface area contributed by atoms with Crippen molar-refractivity contribution in [3.05, 3.63) is 12.2 Å². The maximum atomic E-state index is 14.9. The van der Waals surface area contributed by atoms with Gasteiger partial charge < -0.3 is 67.0 Å². The molecule has 7 rings (SSSR count). The molecular weight excluding hydrogens is 772 g/mol. The number of nitrogens with one attached hydrogen (secondary N) is 2. The largest absolute Gasteiger partial charge is 0.396 e. The second-order valence-corrected chi connectivity index (χ2v) is 17.9. The van der Waals surface area contributed by atoms with Crippen LogP contribution in [0.25, 0.3) is 0 Å². The van der Waals surface area contributed by atoms with Gasteiger partial charge in [0.2, 0.25) is 0 Å². The van der Waals surface area contributed by atoms with Crippen molar-refractivity contribution in [1.29, 1.82) is 0 Å². The van der Waals surface area contributed by atoms with Crippen LogP contribution in [0.3, 0.4) is 0 Å². The van der Waals surface area contributed by atoms with Crippen LogP contribution in [-0.4, -0.2) is 166 Å². The number of carbonyl (C=O) groups excluding carboxylic acids is 4. The van der Waals surface area contributed by atoms with Gasteiger partial charge in [-0.2, -0.15) is 0 Å². The number of ether oxygens (including phenoxy) is 3. The number of hydrogen-bond donors (Lipinski definition) is 10. The molecule has 6 fully saturated rings. The number of nitrogens with two attached hydrogens (primary N) is 2. The van der Waals surface area contributed by atoms with Gasteiger partial charge in [0, 0.05) is 75.6 Å². The molecule has 19 heteroatoms. The molecule has 4 aliphatic carbocycles. The number of carbonyl (C=O) groups is 4. The third-order valence-corrected chi connectivity index (χ3v) is 15.0. The topological polar surface area (TPSA) is 309 Å². The number of aliphatic hydroxyl groups excluding tert-OH is 5. The minimum Gasteiger partial charge on any atom is -0.396 e. The average molecular weight is 835 g/mol. The van der Waals surface area contributed by atoms with Crippen molar-refractivity contribution >= 4 is 29.3 Å². The van der Waals surface area contributed by atoms with Crippen molar-refractivity contribution in [2.24, 2.45) is 69.7 Å². The molecule has 0 bridgehead atoms. The minimum atomic E-state index is -2.32. The van der Waals surface area contributed by atoms with Gasteiger partial charge in [-0.1, -0.05) is 6.42 Å². The highest BCUT2D eigenvalue weighted by Crippen LogP contribution is 2.54. The second-order valence-electron chi connectivity index (χ2n) is 17.9. The number of imide groups is 1. The number of hydrogen-bond acceptors (Lipinski definition) is 16. The molecule has 2 amide bonds. The molecule has 0 aromatic heterocycles.